The summed E-state index contributed by atoms with van der Waals surface area (Å²) in [4.78, 5) is 13.5. The number of benzene rings is 2. The summed E-state index contributed by atoms with van der Waals surface area (Å²) in [5, 5.41) is 0. The minimum absolute atomic E-state index is 0.0238. The van der Waals surface area contributed by atoms with Gasteiger partial charge in [-0.05, 0) is 35.2 Å². The van der Waals surface area contributed by atoms with Crippen LogP contribution in [0, 0.1) is 11.6 Å². The Bertz CT molecular complexity index is 707. The molecule has 0 radical (unpaired) electrons. The number of hydrogen-bond donors (Lipinski definition) is 0. The van der Waals surface area contributed by atoms with Crippen LogP contribution in [0.2, 0.25) is 0 Å². The molecule has 2 aromatic rings. The van der Waals surface area contributed by atoms with Crippen LogP contribution in [0.4, 0.5) is 20.2 Å². The van der Waals surface area contributed by atoms with Crippen LogP contribution in [0.1, 0.15) is 30.9 Å². The van der Waals surface area contributed by atoms with Gasteiger partial charge in [-0.25, -0.2) is 8.78 Å². The maximum Gasteiger partial charge on any atom is 0.236 e. The van der Waals surface area contributed by atoms with Crippen molar-refractivity contribution < 1.29 is 13.6 Å². The van der Waals surface area contributed by atoms with Crippen LogP contribution in [0.25, 0.3) is 0 Å². The monoisotopic (exact) mass is 287 g/mol. The quantitative estimate of drug-likeness (QED) is 0.806. The molecule has 2 nitrogen and oxygen atoms in total. The van der Waals surface area contributed by atoms with E-state index in [4.69, 9.17) is 0 Å². The van der Waals surface area contributed by atoms with E-state index in [2.05, 4.69) is 13.8 Å². The standard InChI is InChI=1S/C17H15F2NO/c1-10(2)11-3-5-14(6-4-11)20-16(21)8-12-7-13(18)9-15(19)17(12)20/h3-7,9-10H,8H2,1-2H3. The largest absolute Gasteiger partial charge is 0.278 e. The molecule has 0 saturated carbocycles. The second-order valence-corrected chi connectivity index (χ2v) is 5.55. The lowest BCUT2D eigenvalue weighted by atomic mass is 10.0. The molecule has 0 bridgehead atoms. The summed E-state index contributed by atoms with van der Waals surface area (Å²) in [5.41, 5.74) is 2.31. The number of nitrogens with zero attached hydrogens (tertiary/aromatic N) is 1. The van der Waals surface area contributed by atoms with Crippen molar-refractivity contribution in [3.63, 3.8) is 0 Å². The molecule has 108 valence electrons. The highest BCUT2D eigenvalue weighted by Gasteiger charge is 2.32. The zero-order valence-electron chi connectivity index (χ0n) is 11.9. The van der Waals surface area contributed by atoms with Crippen LogP contribution in [-0.2, 0) is 11.2 Å². The maximum absolute atomic E-state index is 14.0. The summed E-state index contributed by atoms with van der Waals surface area (Å²) in [6.07, 6.45) is 0.0238. The van der Waals surface area contributed by atoms with Crippen LogP contribution in [-0.4, -0.2) is 5.91 Å². The SMILES string of the molecule is CC(C)c1ccc(N2C(=O)Cc3cc(F)cc(F)c32)cc1. The number of halogens is 2. The average molecular weight is 287 g/mol. The van der Waals surface area contributed by atoms with E-state index in [0.29, 0.717) is 17.2 Å². The molecule has 1 heterocycles. The average Bonchev–Trinajstić information content (AvgIpc) is 2.75. The van der Waals surface area contributed by atoms with Crippen LogP contribution < -0.4 is 4.90 Å². The molecule has 0 unspecified atom stereocenters. The summed E-state index contributed by atoms with van der Waals surface area (Å²) in [6, 6.07) is 9.47. The molecule has 0 aromatic heterocycles. The topological polar surface area (TPSA) is 20.3 Å². The zero-order valence-corrected chi connectivity index (χ0v) is 11.9. The van der Waals surface area contributed by atoms with Gasteiger partial charge in [0.2, 0.25) is 5.91 Å². The van der Waals surface area contributed by atoms with Crippen LogP contribution in [0.3, 0.4) is 0 Å². The fourth-order valence-electron chi connectivity index (χ4n) is 2.65. The van der Waals surface area contributed by atoms with Gasteiger partial charge in [0, 0.05) is 11.8 Å². The molecule has 0 atom stereocenters. The number of rotatable bonds is 2. The minimum atomic E-state index is -0.705. The van der Waals surface area contributed by atoms with E-state index < -0.39 is 11.6 Å². The number of fused-ring (bicyclic) bond motifs is 1. The van der Waals surface area contributed by atoms with Crippen molar-refractivity contribution >= 4 is 17.3 Å². The summed E-state index contributed by atoms with van der Waals surface area (Å²) < 4.78 is 27.3. The Hall–Kier alpha value is -2.23. The first-order valence-corrected chi connectivity index (χ1v) is 6.88. The number of hydrogen-bond acceptors (Lipinski definition) is 1. The molecule has 3 rings (SSSR count). The minimum Gasteiger partial charge on any atom is -0.278 e. The highest BCUT2D eigenvalue weighted by Crippen LogP contribution is 2.38. The van der Waals surface area contributed by atoms with Gasteiger partial charge in [-0.3, -0.25) is 9.69 Å². The highest BCUT2D eigenvalue weighted by molar-refractivity contribution is 6.07. The predicted molar refractivity (Wildman–Crippen MR) is 77.7 cm³/mol. The molecule has 21 heavy (non-hydrogen) atoms. The van der Waals surface area contributed by atoms with Crippen molar-refractivity contribution in [2.75, 3.05) is 4.90 Å². The number of carbonyl (C=O) groups excluding carboxylic acids is 1. The van der Waals surface area contributed by atoms with Gasteiger partial charge in [-0.2, -0.15) is 0 Å². The van der Waals surface area contributed by atoms with Crippen molar-refractivity contribution in [2.24, 2.45) is 0 Å². The van der Waals surface area contributed by atoms with Gasteiger partial charge in [0.15, 0.2) is 5.82 Å². The van der Waals surface area contributed by atoms with Crippen LogP contribution >= 0.6 is 0 Å². The van der Waals surface area contributed by atoms with E-state index in [-0.39, 0.29) is 18.0 Å². The Balaban J connectivity index is 2.06. The lowest BCUT2D eigenvalue weighted by molar-refractivity contribution is -0.116. The molecule has 1 aliphatic heterocycles. The van der Waals surface area contributed by atoms with Gasteiger partial charge in [-0.1, -0.05) is 26.0 Å². The van der Waals surface area contributed by atoms with E-state index in [0.717, 1.165) is 11.6 Å². The van der Waals surface area contributed by atoms with E-state index in [1.54, 1.807) is 12.1 Å². The Morgan fingerprint density at radius 3 is 2.38 bits per heavy atom. The molecule has 2 aromatic carbocycles. The molecule has 0 fully saturated rings. The van der Waals surface area contributed by atoms with Gasteiger partial charge < -0.3 is 0 Å². The maximum atomic E-state index is 14.0. The van der Waals surface area contributed by atoms with E-state index in [9.17, 15) is 13.6 Å². The number of anilines is 2. The lowest BCUT2D eigenvalue weighted by Gasteiger charge is -2.19. The third kappa shape index (κ3) is 2.31. The smallest absolute Gasteiger partial charge is 0.236 e. The Kier molecular flexibility index (Phi) is 3.24. The van der Waals surface area contributed by atoms with Crippen molar-refractivity contribution in [2.45, 2.75) is 26.2 Å². The Labute approximate surface area is 122 Å². The van der Waals surface area contributed by atoms with E-state index in [1.807, 2.05) is 12.1 Å². The van der Waals surface area contributed by atoms with Crippen molar-refractivity contribution in [1.29, 1.82) is 0 Å². The molecule has 1 aliphatic rings. The summed E-state index contributed by atoms with van der Waals surface area (Å²) in [7, 11) is 0. The van der Waals surface area contributed by atoms with Gasteiger partial charge in [-0.15, -0.1) is 0 Å². The Morgan fingerprint density at radius 1 is 1.10 bits per heavy atom. The van der Waals surface area contributed by atoms with Gasteiger partial charge in [0.1, 0.15) is 5.82 Å². The molecule has 0 spiro atoms. The summed E-state index contributed by atoms with van der Waals surface area (Å²) in [5.74, 6) is -1.22. The predicted octanol–water partition coefficient (Wildman–Crippen LogP) is 4.31. The first-order valence-electron chi connectivity index (χ1n) is 6.88. The molecule has 0 aliphatic carbocycles. The molecule has 0 N–H and O–H groups in total. The molecule has 4 heteroatoms. The Morgan fingerprint density at radius 2 is 1.76 bits per heavy atom. The fraction of sp³-hybridized carbons (Fsp3) is 0.235. The second-order valence-electron chi connectivity index (χ2n) is 5.55. The second kappa shape index (κ2) is 4.95. The summed E-state index contributed by atoms with van der Waals surface area (Å²) >= 11 is 0. The van der Waals surface area contributed by atoms with Gasteiger partial charge in [0.05, 0.1) is 12.1 Å². The molecular weight excluding hydrogens is 272 g/mol. The van der Waals surface area contributed by atoms with Crippen LogP contribution in [0.15, 0.2) is 36.4 Å². The van der Waals surface area contributed by atoms with E-state index in [1.165, 1.54) is 11.0 Å². The first-order chi connectivity index (χ1) is 9.97. The zero-order chi connectivity index (χ0) is 15.1. The van der Waals surface area contributed by atoms with E-state index >= 15 is 0 Å². The summed E-state index contributed by atoms with van der Waals surface area (Å²) in [6.45, 7) is 4.15. The third-order valence-corrected chi connectivity index (χ3v) is 3.74. The lowest BCUT2D eigenvalue weighted by Crippen LogP contribution is -2.21. The highest BCUT2D eigenvalue weighted by atomic mass is 19.1. The van der Waals surface area contributed by atoms with Crippen molar-refractivity contribution in [3.05, 3.63) is 59.2 Å². The normalized spacial score (nSPS) is 14.0. The van der Waals surface area contributed by atoms with Crippen molar-refractivity contribution in [3.8, 4) is 0 Å². The molecule has 0 saturated heterocycles. The van der Waals surface area contributed by atoms with Crippen LogP contribution in [0.5, 0.6) is 0 Å². The fourth-order valence-corrected chi connectivity index (χ4v) is 2.65. The number of carbonyl (C=O) groups is 1. The molecular formula is C17H15F2NO. The first kappa shape index (κ1) is 13.7. The number of amides is 1. The van der Waals surface area contributed by atoms with Gasteiger partial charge in [0.25, 0.3) is 0 Å². The molecule has 1 amide bonds. The third-order valence-electron chi connectivity index (χ3n) is 3.74. The van der Waals surface area contributed by atoms with Gasteiger partial charge >= 0.3 is 0 Å². The van der Waals surface area contributed by atoms with Crippen molar-refractivity contribution in [1.82, 2.24) is 0 Å².